The number of nitriles is 1. The first-order chi connectivity index (χ1) is 8.61. The highest BCUT2D eigenvalue weighted by atomic mass is 35.5. The minimum absolute atomic E-state index is 0.0575. The fraction of sp³-hybridized carbons (Fsp3) is 0. The molecule has 7 heteroatoms. The third-order valence-corrected chi connectivity index (χ3v) is 2.81. The maximum absolute atomic E-state index is 11.3. The lowest BCUT2D eigenvalue weighted by atomic mass is 10.2. The topological polar surface area (TPSA) is 81.6 Å². The number of benzene rings is 1. The predicted molar refractivity (Wildman–Crippen MR) is 69.3 cm³/mol. The number of anilines is 2. The zero-order valence-electron chi connectivity index (χ0n) is 8.87. The molecule has 90 valence electrons. The Morgan fingerprint density at radius 3 is 2.83 bits per heavy atom. The van der Waals surface area contributed by atoms with Gasteiger partial charge in [0, 0.05) is 0 Å². The van der Waals surface area contributed by atoms with E-state index in [2.05, 4.69) is 15.3 Å². The second kappa shape index (κ2) is 5.08. The molecule has 0 saturated carbocycles. The monoisotopic (exact) mass is 280 g/mol. The molecule has 2 N–H and O–H groups in total. The molecule has 0 aliphatic rings. The molecule has 0 bridgehead atoms. The van der Waals surface area contributed by atoms with Crippen molar-refractivity contribution in [1.82, 2.24) is 9.97 Å². The maximum Gasteiger partial charge on any atom is 0.271 e. The summed E-state index contributed by atoms with van der Waals surface area (Å²) in [5, 5.41) is 11.8. The van der Waals surface area contributed by atoms with E-state index in [9.17, 15) is 4.79 Å². The quantitative estimate of drug-likeness (QED) is 0.886. The summed E-state index contributed by atoms with van der Waals surface area (Å²) in [4.78, 5) is 17.5. The van der Waals surface area contributed by atoms with E-state index in [0.717, 1.165) is 0 Å². The Morgan fingerprint density at radius 2 is 2.17 bits per heavy atom. The molecule has 1 aromatic carbocycles. The Balaban J connectivity index is 2.38. The molecule has 5 nitrogen and oxygen atoms in total. The van der Waals surface area contributed by atoms with Crippen LogP contribution in [0.15, 0.2) is 29.3 Å². The molecule has 0 radical (unpaired) electrons. The second-order valence-electron chi connectivity index (χ2n) is 3.33. The van der Waals surface area contributed by atoms with Crippen LogP contribution in [0.4, 0.5) is 11.5 Å². The Kier molecular flexibility index (Phi) is 3.51. The molecule has 0 unspecified atom stereocenters. The van der Waals surface area contributed by atoms with E-state index in [-0.39, 0.29) is 10.8 Å². The Bertz CT molecular complexity index is 690. The van der Waals surface area contributed by atoms with Gasteiger partial charge in [0.1, 0.15) is 5.02 Å². The molecule has 0 saturated heterocycles. The first-order valence-electron chi connectivity index (χ1n) is 4.81. The Morgan fingerprint density at radius 1 is 1.39 bits per heavy atom. The molecule has 18 heavy (non-hydrogen) atoms. The lowest BCUT2D eigenvalue weighted by Gasteiger charge is -2.08. The molecule has 0 aliphatic heterocycles. The molecular formula is C11H6Cl2N4O. The first-order valence-corrected chi connectivity index (χ1v) is 5.57. The largest absolute Gasteiger partial charge is 0.338 e. The minimum Gasteiger partial charge on any atom is -0.338 e. The van der Waals surface area contributed by atoms with E-state index in [1.807, 2.05) is 6.07 Å². The van der Waals surface area contributed by atoms with Crippen molar-refractivity contribution in [1.29, 1.82) is 5.26 Å². The smallest absolute Gasteiger partial charge is 0.271 e. The van der Waals surface area contributed by atoms with Gasteiger partial charge in [-0.2, -0.15) is 5.26 Å². The van der Waals surface area contributed by atoms with Crippen LogP contribution in [0.5, 0.6) is 0 Å². The van der Waals surface area contributed by atoms with Gasteiger partial charge in [-0.3, -0.25) is 4.79 Å². The lowest BCUT2D eigenvalue weighted by Crippen LogP contribution is -2.09. The summed E-state index contributed by atoms with van der Waals surface area (Å²) in [5.74, 6) is 0.201. The highest BCUT2D eigenvalue weighted by molar-refractivity contribution is 6.34. The number of halogens is 2. The van der Waals surface area contributed by atoms with Gasteiger partial charge in [-0.1, -0.05) is 23.2 Å². The zero-order valence-corrected chi connectivity index (χ0v) is 10.4. The summed E-state index contributed by atoms with van der Waals surface area (Å²) in [6.45, 7) is 0. The maximum atomic E-state index is 11.3. The fourth-order valence-corrected chi connectivity index (χ4v) is 1.66. The lowest BCUT2D eigenvalue weighted by molar-refractivity contribution is 1.12. The summed E-state index contributed by atoms with van der Waals surface area (Å²) in [7, 11) is 0. The van der Waals surface area contributed by atoms with Crippen LogP contribution in [0, 0.1) is 11.3 Å². The molecule has 0 fully saturated rings. The molecule has 0 spiro atoms. The van der Waals surface area contributed by atoms with Crippen molar-refractivity contribution in [2.45, 2.75) is 0 Å². The number of rotatable bonds is 2. The molecule has 1 aromatic heterocycles. The SMILES string of the molecule is N#Cc1ccc(Nc2nc[nH]c(=O)c2Cl)c(Cl)c1. The van der Waals surface area contributed by atoms with Gasteiger partial charge in [0.25, 0.3) is 5.56 Å². The van der Waals surface area contributed by atoms with Crippen LogP contribution in [0.2, 0.25) is 10.0 Å². The average molecular weight is 281 g/mol. The highest BCUT2D eigenvalue weighted by Crippen LogP contribution is 2.27. The molecule has 0 atom stereocenters. The van der Waals surface area contributed by atoms with Gasteiger partial charge in [-0.05, 0) is 18.2 Å². The third kappa shape index (κ3) is 2.45. The van der Waals surface area contributed by atoms with Crippen molar-refractivity contribution in [2.75, 3.05) is 5.32 Å². The van der Waals surface area contributed by atoms with Crippen LogP contribution in [0.1, 0.15) is 5.56 Å². The van der Waals surface area contributed by atoms with Crippen LogP contribution >= 0.6 is 23.2 Å². The van der Waals surface area contributed by atoms with Crippen LogP contribution in [0.3, 0.4) is 0 Å². The number of hydrogen-bond donors (Lipinski definition) is 2. The van der Waals surface area contributed by atoms with Gasteiger partial charge in [-0.25, -0.2) is 4.98 Å². The summed E-state index contributed by atoms with van der Waals surface area (Å²) in [6.07, 6.45) is 1.23. The van der Waals surface area contributed by atoms with Crippen LogP contribution in [-0.2, 0) is 0 Å². The highest BCUT2D eigenvalue weighted by Gasteiger charge is 2.08. The van der Waals surface area contributed by atoms with Crippen molar-refractivity contribution in [2.24, 2.45) is 0 Å². The van der Waals surface area contributed by atoms with Gasteiger partial charge >= 0.3 is 0 Å². The number of aromatic nitrogens is 2. The summed E-state index contributed by atoms with van der Waals surface area (Å²) in [5.41, 5.74) is 0.505. The number of H-pyrrole nitrogens is 1. The van der Waals surface area contributed by atoms with Crippen LogP contribution in [0.25, 0.3) is 0 Å². The van der Waals surface area contributed by atoms with Crippen molar-refractivity contribution < 1.29 is 0 Å². The summed E-state index contributed by atoms with van der Waals surface area (Å²) < 4.78 is 0. The van der Waals surface area contributed by atoms with Gasteiger partial charge < -0.3 is 10.3 Å². The Labute approximate surface area is 112 Å². The van der Waals surface area contributed by atoms with Crippen molar-refractivity contribution in [3.05, 3.63) is 50.5 Å². The zero-order chi connectivity index (χ0) is 13.1. The molecule has 0 amide bonds. The molecule has 1 heterocycles. The number of nitrogens with zero attached hydrogens (tertiary/aromatic N) is 2. The van der Waals surface area contributed by atoms with E-state index < -0.39 is 5.56 Å². The van der Waals surface area contributed by atoms with Crippen LogP contribution in [-0.4, -0.2) is 9.97 Å². The van der Waals surface area contributed by atoms with E-state index in [4.69, 9.17) is 28.5 Å². The van der Waals surface area contributed by atoms with E-state index in [1.165, 1.54) is 12.4 Å². The van der Waals surface area contributed by atoms with E-state index in [1.54, 1.807) is 12.1 Å². The number of nitrogens with one attached hydrogen (secondary N) is 2. The first kappa shape index (κ1) is 12.4. The predicted octanol–water partition coefficient (Wildman–Crippen LogP) is 2.69. The Hall–Kier alpha value is -2.03. The molecule has 0 aliphatic carbocycles. The third-order valence-electron chi connectivity index (χ3n) is 2.15. The molecule has 2 rings (SSSR count). The number of aromatic amines is 1. The average Bonchev–Trinajstić information content (AvgIpc) is 2.37. The summed E-state index contributed by atoms with van der Waals surface area (Å²) in [6, 6.07) is 6.68. The standard InChI is InChI=1S/C11H6Cl2N4O/c12-7-3-6(4-14)1-2-8(7)17-10-9(13)11(18)16-5-15-10/h1-3,5H,(H2,15,16,17,18). The van der Waals surface area contributed by atoms with Gasteiger partial charge in [0.2, 0.25) is 0 Å². The van der Waals surface area contributed by atoms with Crippen molar-refractivity contribution in [3.8, 4) is 6.07 Å². The van der Waals surface area contributed by atoms with E-state index in [0.29, 0.717) is 16.3 Å². The normalized spacial score (nSPS) is 9.83. The fourth-order valence-electron chi connectivity index (χ4n) is 1.28. The molecule has 2 aromatic rings. The van der Waals surface area contributed by atoms with Crippen LogP contribution < -0.4 is 10.9 Å². The van der Waals surface area contributed by atoms with Gasteiger partial charge in [-0.15, -0.1) is 0 Å². The van der Waals surface area contributed by atoms with Crippen molar-refractivity contribution in [3.63, 3.8) is 0 Å². The minimum atomic E-state index is -0.445. The van der Waals surface area contributed by atoms with Crippen molar-refractivity contribution >= 4 is 34.7 Å². The molecular weight excluding hydrogens is 275 g/mol. The van der Waals surface area contributed by atoms with Gasteiger partial charge in [0.15, 0.2) is 5.82 Å². The van der Waals surface area contributed by atoms with Gasteiger partial charge in [0.05, 0.1) is 28.7 Å². The van der Waals surface area contributed by atoms with E-state index >= 15 is 0 Å². The summed E-state index contributed by atoms with van der Waals surface area (Å²) >= 11 is 11.8. The number of hydrogen-bond acceptors (Lipinski definition) is 4. The second-order valence-corrected chi connectivity index (χ2v) is 4.11.